The van der Waals surface area contributed by atoms with Crippen LogP contribution in [0.2, 0.25) is 0 Å². The highest BCUT2D eigenvalue weighted by atomic mass is 32.1. The van der Waals surface area contributed by atoms with Crippen molar-refractivity contribution >= 4 is 17.2 Å². The number of carbonyl (C=O) groups excluding carboxylic acids is 1. The molecule has 0 bridgehead atoms. The number of aryl methyl sites for hydroxylation is 1. The van der Waals surface area contributed by atoms with Crippen molar-refractivity contribution in [3.05, 3.63) is 70.4 Å². The van der Waals surface area contributed by atoms with E-state index in [-0.39, 0.29) is 5.91 Å². The minimum atomic E-state index is -0.0154. The fourth-order valence-corrected chi connectivity index (χ4v) is 3.78. The van der Waals surface area contributed by atoms with Gasteiger partial charge in [-0.25, -0.2) is 4.98 Å². The third-order valence-corrected chi connectivity index (χ3v) is 5.28. The predicted octanol–water partition coefficient (Wildman–Crippen LogP) is 4.44. The Hall–Kier alpha value is -3.04. The molecule has 0 radical (unpaired) electrons. The van der Waals surface area contributed by atoms with Crippen molar-refractivity contribution in [3.63, 3.8) is 0 Å². The summed E-state index contributed by atoms with van der Waals surface area (Å²) in [5.74, 6) is -0.0154. The molecule has 0 unspecified atom stereocenters. The van der Waals surface area contributed by atoms with Gasteiger partial charge < -0.3 is 4.90 Å². The van der Waals surface area contributed by atoms with E-state index < -0.39 is 0 Å². The lowest BCUT2D eigenvalue weighted by atomic mass is 10.1. The van der Waals surface area contributed by atoms with Crippen LogP contribution in [0.3, 0.4) is 0 Å². The van der Waals surface area contributed by atoms with Gasteiger partial charge >= 0.3 is 0 Å². The summed E-state index contributed by atoms with van der Waals surface area (Å²) in [6.45, 7) is 5.09. The van der Waals surface area contributed by atoms with E-state index >= 15 is 0 Å². The molecule has 27 heavy (non-hydrogen) atoms. The third kappa shape index (κ3) is 4.39. The van der Waals surface area contributed by atoms with Crippen LogP contribution in [0.5, 0.6) is 0 Å². The zero-order valence-electron chi connectivity index (χ0n) is 15.3. The molecule has 3 rings (SSSR count). The number of pyridine rings is 1. The predicted molar refractivity (Wildman–Crippen MR) is 106 cm³/mol. The van der Waals surface area contributed by atoms with Gasteiger partial charge in [-0.3, -0.25) is 9.78 Å². The van der Waals surface area contributed by atoms with Crippen molar-refractivity contribution in [2.75, 3.05) is 6.54 Å². The highest BCUT2D eigenvalue weighted by Gasteiger charge is 2.22. The Morgan fingerprint density at radius 3 is 2.63 bits per heavy atom. The molecule has 2 aromatic heterocycles. The molecular weight excluding hydrogens is 356 g/mol. The summed E-state index contributed by atoms with van der Waals surface area (Å²) in [5, 5.41) is 9.69. The zero-order chi connectivity index (χ0) is 19.2. The van der Waals surface area contributed by atoms with Crippen molar-refractivity contribution in [2.45, 2.75) is 26.8 Å². The number of thiazole rings is 1. The van der Waals surface area contributed by atoms with E-state index in [1.54, 1.807) is 18.3 Å². The van der Waals surface area contributed by atoms with E-state index in [1.807, 2.05) is 42.2 Å². The van der Waals surface area contributed by atoms with Gasteiger partial charge in [-0.2, -0.15) is 5.26 Å². The molecule has 0 fully saturated rings. The van der Waals surface area contributed by atoms with Gasteiger partial charge in [0.25, 0.3) is 5.91 Å². The first-order chi connectivity index (χ1) is 13.1. The lowest BCUT2D eigenvalue weighted by molar-refractivity contribution is 0.0747. The summed E-state index contributed by atoms with van der Waals surface area (Å²) >= 11 is 1.38. The van der Waals surface area contributed by atoms with Crippen LogP contribution in [0.15, 0.2) is 48.7 Å². The maximum Gasteiger partial charge on any atom is 0.266 e. The lowest BCUT2D eigenvalue weighted by Crippen LogP contribution is -2.31. The first-order valence-corrected chi connectivity index (χ1v) is 9.61. The first-order valence-electron chi connectivity index (χ1n) is 8.79. The maximum atomic E-state index is 13.2. The zero-order valence-corrected chi connectivity index (χ0v) is 16.2. The normalized spacial score (nSPS) is 10.4. The Morgan fingerprint density at radius 2 is 2.00 bits per heavy atom. The third-order valence-electron chi connectivity index (χ3n) is 4.11. The molecule has 0 spiro atoms. The number of aromatic nitrogens is 2. The van der Waals surface area contributed by atoms with Crippen LogP contribution < -0.4 is 0 Å². The summed E-state index contributed by atoms with van der Waals surface area (Å²) in [6.07, 6.45) is 2.59. The smallest absolute Gasteiger partial charge is 0.266 e. The number of nitrogens with zero attached hydrogens (tertiary/aromatic N) is 4. The Kier molecular flexibility index (Phi) is 5.94. The van der Waals surface area contributed by atoms with E-state index in [2.05, 4.69) is 23.0 Å². The quantitative estimate of drug-likeness (QED) is 0.638. The van der Waals surface area contributed by atoms with Crippen LogP contribution in [0.4, 0.5) is 0 Å². The van der Waals surface area contributed by atoms with E-state index in [1.165, 1.54) is 11.3 Å². The Balaban J connectivity index is 1.84. The van der Waals surface area contributed by atoms with Crippen LogP contribution in [-0.4, -0.2) is 27.3 Å². The number of amides is 1. The van der Waals surface area contributed by atoms with Crippen molar-refractivity contribution in [1.29, 1.82) is 5.26 Å². The molecule has 6 heteroatoms. The summed E-state index contributed by atoms with van der Waals surface area (Å²) in [6, 6.07) is 15.1. The summed E-state index contributed by atoms with van der Waals surface area (Å²) in [5.41, 5.74) is 3.12. The average molecular weight is 376 g/mol. The molecule has 0 aliphatic carbocycles. The Labute approximate surface area is 162 Å². The number of hydrogen-bond acceptors (Lipinski definition) is 5. The van der Waals surface area contributed by atoms with Gasteiger partial charge in [0.05, 0.1) is 23.0 Å². The van der Waals surface area contributed by atoms with Crippen molar-refractivity contribution in [1.82, 2.24) is 14.9 Å². The number of nitriles is 1. The van der Waals surface area contributed by atoms with Gasteiger partial charge in [0.2, 0.25) is 0 Å². The van der Waals surface area contributed by atoms with Crippen molar-refractivity contribution < 1.29 is 4.79 Å². The van der Waals surface area contributed by atoms with Gasteiger partial charge in [-0.1, -0.05) is 25.1 Å². The van der Waals surface area contributed by atoms with E-state index in [0.717, 1.165) is 28.4 Å². The van der Waals surface area contributed by atoms with Gasteiger partial charge in [0.15, 0.2) is 0 Å². The number of carbonyl (C=O) groups is 1. The molecule has 0 saturated heterocycles. The molecule has 1 amide bonds. The highest BCUT2D eigenvalue weighted by molar-refractivity contribution is 7.17. The van der Waals surface area contributed by atoms with E-state index in [4.69, 9.17) is 5.26 Å². The molecule has 1 aromatic carbocycles. The van der Waals surface area contributed by atoms with E-state index in [0.29, 0.717) is 23.5 Å². The van der Waals surface area contributed by atoms with E-state index in [9.17, 15) is 4.79 Å². The van der Waals surface area contributed by atoms with Crippen LogP contribution in [0, 0.1) is 18.3 Å². The monoisotopic (exact) mass is 376 g/mol. The Morgan fingerprint density at radius 1 is 1.22 bits per heavy atom. The topological polar surface area (TPSA) is 69.9 Å². The fraction of sp³-hybridized carbons (Fsp3) is 0.238. The Bertz CT molecular complexity index is 958. The molecule has 0 atom stereocenters. The largest absolute Gasteiger partial charge is 0.334 e. The minimum absolute atomic E-state index is 0.0154. The van der Waals surface area contributed by atoms with Crippen LogP contribution in [0.1, 0.15) is 39.8 Å². The molecule has 136 valence electrons. The van der Waals surface area contributed by atoms with Crippen molar-refractivity contribution in [2.24, 2.45) is 0 Å². The first kappa shape index (κ1) is 18.7. The summed E-state index contributed by atoms with van der Waals surface area (Å²) < 4.78 is 0. The minimum Gasteiger partial charge on any atom is -0.334 e. The lowest BCUT2D eigenvalue weighted by Gasteiger charge is -2.22. The SMILES string of the molecule is CCCN(Cc1ccc(C#N)cc1)C(=O)c1sc(-c2ccccn2)nc1C. The molecular formula is C21H20N4OS. The number of rotatable bonds is 6. The molecule has 5 nitrogen and oxygen atoms in total. The molecule has 0 aliphatic heterocycles. The van der Waals surface area contributed by atoms with Crippen LogP contribution in [-0.2, 0) is 6.54 Å². The van der Waals surface area contributed by atoms with Crippen molar-refractivity contribution in [3.8, 4) is 16.8 Å². The molecule has 0 aliphatic rings. The second-order valence-corrected chi connectivity index (χ2v) is 7.18. The van der Waals surface area contributed by atoms with Gasteiger partial charge in [-0.15, -0.1) is 11.3 Å². The second kappa shape index (κ2) is 8.56. The molecule has 3 aromatic rings. The number of benzene rings is 1. The number of hydrogen-bond donors (Lipinski definition) is 0. The highest BCUT2D eigenvalue weighted by Crippen LogP contribution is 2.28. The molecule has 2 heterocycles. The average Bonchev–Trinajstić information content (AvgIpc) is 3.10. The van der Waals surface area contributed by atoms with Crippen LogP contribution >= 0.6 is 11.3 Å². The van der Waals surface area contributed by atoms with Gasteiger partial charge in [0.1, 0.15) is 9.88 Å². The van der Waals surface area contributed by atoms with Gasteiger partial charge in [-0.05, 0) is 43.2 Å². The standard InChI is InChI=1S/C21H20N4OS/c1-3-12-25(14-17-9-7-16(13-22)8-10-17)21(26)19-15(2)24-20(27-19)18-6-4-5-11-23-18/h4-11H,3,12,14H2,1-2H3. The maximum absolute atomic E-state index is 13.2. The second-order valence-electron chi connectivity index (χ2n) is 6.18. The van der Waals surface area contributed by atoms with Crippen LogP contribution in [0.25, 0.3) is 10.7 Å². The van der Waals surface area contributed by atoms with Gasteiger partial charge in [0, 0.05) is 19.3 Å². The molecule has 0 N–H and O–H groups in total. The summed E-state index contributed by atoms with van der Waals surface area (Å²) in [4.78, 5) is 24.5. The summed E-state index contributed by atoms with van der Waals surface area (Å²) in [7, 11) is 0. The molecule has 0 saturated carbocycles. The fourth-order valence-electron chi connectivity index (χ4n) is 2.76.